The first-order chi connectivity index (χ1) is 11.9. The quantitative estimate of drug-likeness (QED) is 0.796. The molecule has 0 bridgehead atoms. The minimum absolute atomic E-state index is 0.0673. The molecule has 6 nitrogen and oxygen atoms in total. The molecule has 1 fully saturated rings. The molecule has 3 rings (SSSR count). The Balaban J connectivity index is 1.82. The van der Waals surface area contributed by atoms with Gasteiger partial charge in [0, 0.05) is 32.4 Å². The molecular weight excluding hydrogens is 383 g/mol. The van der Waals surface area contributed by atoms with Crippen molar-refractivity contribution in [2.24, 2.45) is 0 Å². The second-order valence-electron chi connectivity index (χ2n) is 5.43. The summed E-state index contributed by atoms with van der Waals surface area (Å²) in [6, 6.07) is 10.1. The van der Waals surface area contributed by atoms with Gasteiger partial charge in [0.1, 0.15) is 16.8 Å². The average molecular weight is 397 g/mol. The molecular formula is C16H14Cl2N4O2S. The topological polar surface area (TPSA) is 77.3 Å². The van der Waals surface area contributed by atoms with Gasteiger partial charge in [0.05, 0.1) is 15.6 Å². The first-order valence-corrected chi connectivity index (χ1v) is 9.69. The third-order valence-electron chi connectivity index (χ3n) is 3.96. The van der Waals surface area contributed by atoms with Gasteiger partial charge in [0.25, 0.3) is 0 Å². The highest BCUT2D eigenvalue weighted by molar-refractivity contribution is 7.89. The largest absolute Gasteiger partial charge is 0.353 e. The Kier molecular flexibility index (Phi) is 5.16. The molecule has 0 atom stereocenters. The molecule has 0 spiro atoms. The van der Waals surface area contributed by atoms with Crippen molar-refractivity contribution >= 4 is 39.0 Å². The van der Waals surface area contributed by atoms with E-state index in [0.717, 1.165) is 0 Å². The monoisotopic (exact) mass is 396 g/mol. The molecule has 1 aromatic carbocycles. The molecule has 1 saturated heterocycles. The molecule has 2 heterocycles. The standard InChI is InChI=1S/C16H14Cl2N4O2S/c17-13-4-1-5-14(18)15(13)25(23,24)22-9-7-21(8-10-22)16-12(11-19)3-2-6-20-16/h1-6H,7-10H2. The molecule has 9 heteroatoms. The Hall–Kier alpha value is -1.85. The third kappa shape index (κ3) is 3.44. The summed E-state index contributed by atoms with van der Waals surface area (Å²) in [7, 11) is -3.79. The van der Waals surface area contributed by atoms with Gasteiger partial charge < -0.3 is 4.90 Å². The van der Waals surface area contributed by atoms with Crippen molar-refractivity contribution in [2.45, 2.75) is 4.90 Å². The number of hydrogen-bond donors (Lipinski definition) is 0. The van der Waals surface area contributed by atoms with Crippen LogP contribution >= 0.6 is 23.2 Å². The Bertz CT molecular complexity index is 915. The number of sulfonamides is 1. The smallest absolute Gasteiger partial charge is 0.246 e. The maximum Gasteiger partial charge on any atom is 0.246 e. The van der Waals surface area contributed by atoms with E-state index in [4.69, 9.17) is 23.2 Å². The van der Waals surface area contributed by atoms with E-state index in [1.54, 1.807) is 24.4 Å². The summed E-state index contributed by atoms with van der Waals surface area (Å²) in [6.45, 7) is 1.36. The predicted molar refractivity (Wildman–Crippen MR) is 96.4 cm³/mol. The second kappa shape index (κ2) is 7.18. The highest BCUT2D eigenvalue weighted by Crippen LogP contribution is 2.32. The van der Waals surface area contributed by atoms with Crippen molar-refractivity contribution in [3.05, 3.63) is 52.1 Å². The number of aromatic nitrogens is 1. The fourth-order valence-electron chi connectivity index (χ4n) is 2.73. The zero-order chi connectivity index (χ0) is 18.0. The van der Waals surface area contributed by atoms with E-state index in [-0.39, 0.29) is 28.0 Å². The summed E-state index contributed by atoms with van der Waals surface area (Å²) < 4.78 is 27.1. The van der Waals surface area contributed by atoms with Crippen LogP contribution in [0.5, 0.6) is 0 Å². The summed E-state index contributed by atoms with van der Waals surface area (Å²) in [5.41, 5.74) is 0.466. The third-order valence-corrected chi connectivity index (χ3v) is 6.82. The summed E-state index contributed by atoms with van der Waals surface area (Å²) >= 11 is 12.1. The molecule has 2 aromatic rings. The number of hydrogen-bond acceptors (Lipinski definition) is 5. The number of nitrogens with zero attached hydrogens (tertiary/aromatic N) is 4. The number of rotatable bonds is 3. The van der Waals surface area contributed by atoms with Gasteiger partial charge >= 0.3 is 0 Å². The summed E-state index contributed by atoms with van der Waals surface area (Å²) in [5.74, 6) is 0.567. The molecule has 0 N–H and O–H groups in total. The number of anilines is 1. The van der Waals surface area contributed by atoms with Gasteiger partial charge in [-0.05, 0) is 24.3 Å². The van der Waals surface area contributed by atoms with Crippen LogP contribution in [-0.2, 0) is 10.0 Å². The van der Waals surface area contributed by atoms with E-state index in [1.807, 2.05) is 4.90 Å². The van der Waals surface area contributed by atoms with Crippen molar-refractivity contribution in [1.29, 1.82) is 5.26 Å². The molecule has 0 unspecified atom stereocenters. The zero-order valence-corrected chi connectivity index (χ0v) is 15.4. The van der Waals surface area contributed by atoms with Crippen LogP contribution < -0.4 is 4.90 Å². The molecule has 0 radical (unpaired) electrons. The zero-order valence-electron chi connectivity index (χ0n) is 13.1. The molecule has 0 aliphatic carbocycles. The molecule has 1 aromatic heterocycles. The first kappa shape index (κ1) is 18.0. The van der Waals surface area contributed by atoms with Gasteiger partial charge in [-0.25, -0.2) is 13.4 Å². The van der Waals surface area contributed by atoms with Crippen LogP contribution in [0, 0.1) is 11.3 Å². The Morgan fingerprint density at radius 2 is 1.68 bits per heavy atom. The lowest BCUT2D eigenvalue weighted by atomic mass is 10.2. The fraction of sp³-hybridized carbons (Fsp3) is 0.250. The van der Waals surface area contributed by atoms with E-state index in [1.165, 1.54) is 16.4 Å². The average Bonchev–Trinajstić information content (AvgIpc) is 2.61. The number of piperazine rings is 1. The summed E-state index contributed by atoms with van der Waals surface area (Å²) in [6.07, 6.45) is 1.61. The van der Waals surface area contributed by atoms with Gasteiger partial charge in [-0.15, -0.1) is 0 Å². The number of pyridine rings is 1. The summed E-state index contributed by atoms with van der Waals surface area (Å²) in [4.78, 5) is 6.07. The van der Waals surface area contributed by atoms with Crippen LogP contribution in [0.2, 0.25) is 10.0 Å². The number of benzene rings is 1. The predicted octanol–water partition coefficient (Wildman–Crippen LogP) is 2.77. The molecule has 0 amide bonds. The number of halogens is 2. The van der Waals surface area contributed by atoms with Gasteiger partial charge in [-0.3, -0.25) is 0 Å². The lowest BCUT2D eigenvalue weighted by molar-refractivity contribution is 0.384. The molecule has 0 saturated carbocycles. The van der Waals surface area contributed by atoms with Crippen molar-refractivity contribution in [1.82, 2.24) is 9.29 Å². The highest BCUT2D eigenvalue weighted by atomic mass is 35.5. The van der Waals surface area contributed by atoms with Crippen molar-refractivity contribution in [3.8, 4) is 6.07 Å². The van der Waals surface area contributed by atoms with Crippen LogP contribution in [0.15, 0.2) is 41.4 Å². The second-order valence-corrected chi connectivity index (χ2v) is 8.12. The maximum absolute atomic E-state index is 12.9. The van der Waals surface area contributed by atoms with E-state index >= 15 is 0 Å². The van der Waals surface area contributed by atoms with Gasteiger partial charge in [-0.1, -0.05) is 29.3 Å². The lowest BCUT2D eigenvalue weighted by Crippen LogP contribution is -2.49. The molecule has 1 aliphatic heterocycles. The SMILES string of the molecule is N#Cc1cccnc1N1CCN(S(=O)(=O)c2c(Cl)cccc2Cl)CC1. The molecule has 25 heavy (non-hydrogen) atoms. The van der Waals surface area contributed by atoms with Gasteiger partial charge in [0.2, 0.25) is 10.0 Å². The van der Waals surface area contributed by atoms with Gasteiger partial charge in [0.15, 0.2) is 0 Å². The minimum atomic E-state index is -3.79. The van der Waals surface area contributed by atoms with Crippen molar-refractivity contribution in [3.63, 3.8) is 0 Å². The first-order valence-electron chi connectivity index (χ1n) is 7.49. The van der Waals surface area contributed by atoms with E-state index < -0.39 is 10.0 Å². The van der Waals surface area contributed by atoms with E-state index in [0.29, 0.717) is 24.5 Å². The van der Waals surface area contributed by atoms with E-state index in [2.05, 4.69) is 11.1 Å². The Morgan fingerprint density at radius 3 is 2.28 bits per heavy atom. The maximum atomic E-state index is 12.9. The van der Waals surface area contributed by atoms with Crippen LogP contribution in [0.3, 0.4) is 0 Å². The van der Waals surface area contributed by atoms with Crippen LogP contribution in [-0.4, -0.2) is 43.9 Å². The molecule has 130 valence electrons. The van der Waals surface area contributed by atoms with Crippen molar-refractivity contribution < 1.29 is 8.42 Å². The van der Waals surface area contributed by atoms with Crippen LogP contribution in [0.4, 0.5) is 5.82 Å². The van der Waals surface area contributed by atoms with E-state index in [9.17, 15) is 13.7 Å². The lowest BCUT2D eigenvalue weighted by Gasteiger charge is -2.35. The minimum Gasteiger partial charge on any atom is -0.353 e. The van der Waals surface area contributed by atoms with Crippen LogP contribution in [0.25, 0.3) is 0 Å². The van der Waals surface area contributed by atoms with Crippen molar-refractivity contribution in [2.75, 3.05) is 31.1 Å². The van der Waals surface area contributed by atoms with Gasteiger partial charge in [-0.2, -0.15) is 9.57 Å². The fourth-order valence-corrected chi connectivity index (χ4v) is 5.25. The van der Waals surface area contributed by atoms with Crippen LogP contribution in [0.1, 0.15) is 5.56 Å². The number of nitriles is 1. The Morgan fingerprint density at radius 1 is 1.04 bits per heavy atom. The summed E-state index contributed by atoms with van der Waals surface area (Å²) in [5, 5.41) is 9.39. The molecule has 1 aliphatic rings. The normalized spacial score (nSPS) is 15.8. The Labute approximate surface area is 156 Å². The highest BCUT2D eigenvalue weighted by Gasteiger charge is 2.32.